The molecule has 0 radical (unpaired) electrons. The molecule has 0 aliphatic heterocycles. The summed E-state index contributed by atoms with van der Waals surface area (Å²) >= 11 is 3.44. The number of hydrogen-bond donors (Lipinski definition) is 2. The van der Waals surface area contributed by atoms with Crippen molar-refractivity contribution in [3.63, 3.8) is 0 Å². The Morgan fingerprint density at radius 1 is 1.08 bits per heavy atom. The second kappa shape index (κ2) is 6.40. The molecule has 7 nitrogen and oxygen atoms in total. The number of aromatic nitrogens is 5. The number of nitrogens with one attached hydrogen (secondary N) is 2. The highest BCUT2D eigenvalue weighted by Gasteiger charge is 2.16. The minimum atomic E-state index is -0.330. The molecule has 122 valence electrons. The van der Waals surface area contributed by atoms with Gasteiger partial charge >= 0.3 is 0 Å². The first-order valence-electron chi connectivity index (χ1n) is 7.41. The predicted molar refractivity (Wildman–Crippen MR) is 97.0 cm³/mol. The fraction of sp³-hybridized carbons (Fsp3) is 0. The van der Waals surface area contributed by atoms with E-state index >= 15 is 0 Å². The summed E-state index contributed by atoms with van der Waals surface area (Å²) in [5.74, 6) is -0.213. The minimum absolute atomic E-state index is 0.117. The van der Waals surface area contributed by atoms with Crippen LogP contribution in [-0.2, 0) is 0 Å². The summed E-state index contributed by atoms with van der Waals surface area (Å²) in [5.41, 5.74) is 2.85. The van der Waals surface area contributed by atoms with Gasteiger partial charge in [-0.3, -0.25) is 10.1 Å². The van der Waals surface area contributed by atoms with Crippen LogP contribution in [0.15, 0.2) is 59.1 Å². The normalized spacial score (nSPS) is 10.8. The second-order valence-electron chi connectivity index (χ2n) is 5.27. The molecule has 1 amide bonds. The van der Waals surface area contributed by atoms with E-state index in [-0.39, 0.29) is 11.9 Å². The van der Waals surface area contributed by atoms with Crippen molar-refractivity contribution in [2.75, 3.05) is 5.32 Å². The fourth-order valence-corrected chi connectivity index (χ4v) is 2.89. The van der Waals surface area contributed by atoms with E-state index in [1.807, 2.05) is 48.5 Å². The Bertz CT molecular complexity index is 1050. The number of carbonyl (C=O) groups excluding carboxylic acids is 1. The van der Waals surface area contributed by atoms with E-state index in [2.05, 4.69) is 46.9 Å². The summed E-state index contributed by atoms with van der Waals surface area (Å²) in [7, 11) is 0. The third kappa shape index (κ3) is 3.11. The number of pyridine rings is 1. The Labute approximate surface area is 150 Å². The molecule has 2 heterocycles. The van der Waals surface area contributed by atoms with Crippen molar-refractivity contribution in [2.45, 2.75) is 0 Å². The molecular weight excluding hydrogens is 384 g/mol. The number of fused-ring (bicyclic) bond motifs is 1. The van der Waals surface area contributed by atoms with E-state index < -0.39 is 0 Å². The maximum Gasteiger partial charge on any atom is 0.270 e. The third-order valence-corrected chi connectivity index (χ3v) is 4.15. The Balaban J connectivity index is 1.87. The van der Waals surface area contributed by atoms with Gasteiger partial charge in [0.25, 0.3) is 11.9 Å². The molecule has 0 spiro atoms. The molecule has 2 N–H and O–H groups in total. The predicted octanol–water partition coefficient (Wildman–Crippen LogP) is 3.43. The van der Waals surface area contributed by atoms with Crippen LogP contribution in [0, 0.1) is 0 Å². The number of halogens is 1. The summed E-state index contributed by atoms with van der Waals surface area (Å²) < 4.78 is 0.864. The molecule has 4 aromatic rings. The van der Waals surface area contributed by atoms with E-state index in [9.17, 15) is 4.79 Å². The summed E-state index contributed by atoms with van der Waals surface area (Å²) in [6.45, 7) is 0. The average Bonchev–Trinajstić information content (AvgIpc) is 3.14. The molecule has 0 fully saturated rings. The van der Waals surface area contributed by atoms with E-state index in [4.69, 9.17) is 0 Å². The molecule has 0 saturated carbocycles. The lowest BCUT2D eigenvalue weighted by Gasteiger charge is -2.10. The fourth-order valence-electron chi connectivity index (χ4n) is 2.53. The van der Waals surface area contributed by atoms with Crippen molar-refractivity contribution in [3.05, 3.63) is 64.6 Å². The van der Waals surface area contributed by atoms with Crippen LogP contribution in [0.3, 0.4) is 0 Å². The van der Waals surface area contributed by atoms with Gasteiger partial charge < -0.3 is 0 Å². The van der Waals surface area contributed by atoms with Crippen LogP contribution in [0.2, 0.25) is 0 Å². The number of tetrazole rings is 1. The summed E-state index contributed by atoms with van der Waals surface area (Å²) in [6.07, 6.45) is 0. The van der Waals surface area contributed by atoms with Crippen molar-refractivity contribution in [1.29, 1.82) is 0 Å². The number of rotatable bonds is 3. The smallest absolute Gasteiger partial charge is 0.270 e. The molecule has 0 aliphatic carbocycles. The number of carbonyl (C=O) groups is 1. The number of hydrogen-bond acceptors (Lipinski definition) is 5. The maximum absolute atomic E-state index is 12.7. The van der Waals surface area contributed by atoms with Crippen molar-refractivity contribution >= 4 is 38.7 Å². The van der Waals surface area contributed by atoms with E-state index in [1.54, 1.807) is 6.07 Å². The lowest BCUT2D eigenvalue weighted by molar-refractivity contribution is 0.102. The molecule has 2 aromatic heterocycles. The van der Waals surface area contributed by atoms with Crippen LogP contribution in [0.4, 0.5) is 5.95 Å². The first-order valence-corrected chi connectivity index (χ1v) is 8.20. The van der Waals surface area contributed by atoms with Gasteiger partial charge in [-0.05, 0) is 29.5 Å². The van der Waals surface area contributed by atoms with Gasteiger partial charge in [-0.15, -0.1) is 5.10 Å². The van der Waals surface area contributed by atoms with Crippen molar-refractivity contribution in [2.24, 2.45) is 0 Å². The van der Waals surface area contributed by atoms with E-state index in [1.165, 1.54) is 0 Å². The topological polar surface area (TPSA) is 96.5 Å². The zero-order chi connectivity index (χ0) is 17.2. The largest absolute Gasteiger partial charge is 0.288 e. The minimum Gasteiger partial charge on any atom is -0.288 e. The Morgan fingerprint density at radius 2 is 1.92 bits per heavy atom. The quantitative estimate of drug-likeness (QED) is 0.554. The van der Waals surface area contributed by atoms with Gasteiger partial charge in [0, 0.05) is 15.4 Å². The molecule has 25 heavy (non-hydrogen) atoms. The maximum atomic E-state index is 12.7. The van der Waals surface area contributed by atoms with Gasteiger partial charge in [0.1, 0.15) is 0 Å². The molecule has 0 saturated heterocycles. The zero-order valence-electron chi connectivity index (χ0n) is 12.8. The third-order valence-electron chi connectivity index (χ3n) is 3.66. The highest BCUT2D eigenvalue weighted by molar-refractivity contribution is 9.10. The molecule has 0 aliphatic rings. The Kier molecular flexibility index (Phi) is 3.95. The molecule has 0 atom stereocenters. The summed E-state index contributed by atoms with van der Waals surface area (Å²) in [4.78, 5) is 17.4. The number of benzene rings is 2. The van der Waals surface area contributed by atoms with Crippen LogP contribution in [-0.4, -0.2) is 31.5 Å². The molecular formula is C17H11BrN6O. The summed E-state index contributed by atoms with van der Waals surface area (Å²) in [5, 5.41) is 16.6. The average molecular weight is 395 g/mol. The number of aromatic amines is 1. The standard InChI is InChI=1S/C17H11BrN6O/c18-11-6-7-14-12(8-11)13(16(25)20-17-21-23-24-22-17)9-15(19-14)10-4-2-1-3-5-10/h1-9H,(H2,20,21,22,23,24,25). The Hall–Kier alpha value is -3.13. The summed E-state index contributed by atoms with van der Waals surface area (Å²) in [6, 6.07) is 17.1. The van der Waals surface area contributed by atoms with Gasteiger partial charge in [0.2, 0.25) is 0 Å². The monoisotopic (exact) mass is 394 g/mol. The van der Waals surface area contributed by atoms with Crippen LogP contribution < -0.4 is 5.32 Å². The zero-order valence-corrected chi connectivity index (χ0v) is 14.4. The van der Waals surface area contributed by atoms with Crippen molar-refractivity contribution in [3.8, 4) is 11.3 Å². The van der Waals surface area contributed by atoms with E-state index in [0.29, 0.717) is 11.3 Å². The van der Waals surface area contributed by atoms with Gasteiger partial charge in [0.15, 0.2) is 0 Å². The highest BCUT2D eigenvalue weighted by atomic mass is 79.9. The van der Waals surface area contributed by atoms with Gasteiger partial charge in [-0.25, -0.2) is 4.98 Å². The number of amides is 1. The van der Waals surface area contributed by atoms with Crippen LogP contribution in [0.25, 0.3) is 22.2 Å². The first-order chi connectivity index (χ1) is 12.2. The lowest BCUT2D eigenvalue weighted by atomic mass is 10.0. The number of anilines is 1. The van der Waals surface area contributed by atoms with Gasteiger partial charge in [-0.2, -0.15) is 5.21 Å². The van der Waals surface area contributed by atoms with Gasteiger partial charge in [-0.1, -0.05) is 51.4 Å². The van der Waals surface area contributed by atoms with Crippen molar-refractivity contribution in [1.82, 2.24) is 25.6 Å². The second-order valence-corrected chi connectivity index (χ2v) is 6.19. The van der Waals surface area contributed by atoms with Crippen LogP contribution >= 0.6 is 15.9 Å². The molecule has 2 aromatic carbocycles. The number of H-pyrrole nitrogens is 1. The van der Waals surface area contributed by atoms with E-state index in [0.717, 1.165) is 20.9 Å². The molecule has 0 unspecified atom stereocenters. The van der Waals surface area contributed by atoms with Crippen LogP contribution in [0.5, 0.6) is 0 Å². The molecule has 4 rings (SSSR count). The van der Waals surface area contributed by atoms with Gasteiger partial charge in [0.05, 0.1) is 16.8 Å². The number of nitrogens with zero attached hydrogens (tertiary/aromatic N) is 4. The Morgan fingerprint density at radius 3 is 2.68 bits per heavy atom. The molecule has 0 bridgehead atoms. The first kappa shape index (κ1) is 15.4. The SMILES string of the molecule is O=C(Nc1nn[nH]n1)c1cc(-c2ccccc2)nc2ccc(Br)cc12. The van der Waals surface area contributed by atoms with Crippen molar-refractivity contribution < 1.29 is 4.79 Å². The highest BCUT2D eigenvalue weighted by Crippen LogP contribution is 2.27. The van der Waals surface area contributed by atoms with Crippen LogP contribution in [0.1, 0.15) is 10.4 Å². The molecule has 8 heteroatoms. The lowest BCUT2D eigenvalue weighted by Crippen LogP contribution is -2.14.